The average molecular weight is 245 g/mol. The summed E-state index contributed by atoms with van der Waals surface area (Å²) in [6.07, 6.45) is 3.90. The van der Waals surface area contributed by atoms with Crippen LogP contribution >= 0.6 is 0 Å². The van der Waals surface area contributed by atoms with E-state index >= 15 is 0 Å². The summed E-state index contributed by atoms with van der Waals surface area (Å²) in [7, 11) is 0. The first-order chi connectivity index (χ1) is 8.63. The second kappa shape index (κ2) is 6.78. The van der Waals surface area contributed by atoms with Gasteiger partial charge in [-0.2, -0.15) is 4.79 Å². The zero-order valence-electron chi connectivity index (χ0n) is 9.41. The lowest BCUT2D eigenvalue weighted by Gasteiger charge is -1.96. The molecule has 1 aromatic rings. The van der Waals surface area contributed by atoms with Gasteiger partial charge in [-0.1, -0.05) is 24.3 Å². The summed E-state index contributed by atoms with van der Waals surface area (Å²) in [5, 5.41) is 11.4. The number of nitrogens with zero attached hydrogens (tertiary/aromatic N) is 2. The van der Waals surface area contributed by atoms with Crippen LogP contribution in [0.2, 0.25) is 0 Å². The fourth-order valence-electron chi connectivity index (χ4n) is 1.13. The van der Waals surface area contributed by atoms with E-state index < -0.39 is 11.7 Å². The number of Topliss-reactive ketones (excluding diaryl/α,β-unsaturated/α-hetero) is 1. The van der Waals surface area contributed by atoms with Crippen LogP contribution in [0.25, 0.3) is 11.6 Å². The number of hydrogen-bond donors (Lipinski definition) is 2. The van der Waals surface area contributed by atoms with Crippen molar-refractivity contribution in [2.75, 3.05) is 6.54 Å². The number of nitrogens with one attached hydrogen (secondary N) is 1. The summed E-state index contributed by atoms with van der Waals surface area (Å²) in [6, 6.07) is 6.49. The number of rotatable bonds is 5. The molecular weight excluding hydrogens is 234 g/mol. The van der Waals surface area contributed by atoms with Gasteiger partial charge in [-0.15, -0.1) is 0 Å². The van der Waals surface area contributed by atoms with Gasteiger partial charge in [0.15, 0.2) is 0 Å². The van der Waals surface area contributed by atoms with Crippen molar-refractivity contribution >= 4 is 24.0 Å². The van der Waals surface area contributed by atoms with Crippen LogP contribution in [0.5, 0.6) is 5.75 Å². The van der Waals surface area contributed by atoms with Gasteiger partial charge in [-0.25, -0.2) is 0 Å². The quantitative estimate of drug-likeness (QED) is 0.339. The first kappa shape index (κ1) is 13.3. The Kier molecular flexibility index (Phi) is 5.02. The van der Waals surface area contributed by atoms with Gasteiger partial charge in [0.05, 0.1) is 0 Å². The molecule has 1 amide bonds. The lowest BCUT2D eigenvalue weighted by atomic mass is 10.2. The standard InChI is InChI=1S/C12H11N3O3/c13-15-8-11(17)12(18)14-7-1-2-9-3-5-10(16)6-4-9/h1-6,8,16H,7H2,(H,14,18). The Hall–Kier alpha value is -2.72. The summed E-state index contributed by atoms with van der Waals surface area (Å²) in [6.45, 7) is 0.171. The minimum absolute atomic E-state index is 0.171. The molecule has 6 heteroatoms. The second-order valence-corrected chi connectivity index (χ2v) is 3.31. The molecule has 0 spiro atoms. The van der Waals surface area contributed by atoms with Gasteiger partial charge < -0.3 is 16.0 Å². The number of ketones is 1. The largest absolute Gasteiger partial charge is 0.508 e. The van der Waals surface area contributed by atoms with E-state index in [1.807, 2.05) is 0 Å². The van der Waals surface area contributed by atoms with Crippen LogP contribution in [-0.4, -0.2) is 34.3 Å². The van der Waals surface area contributed by atoms with E-state index in [9.17, 15) is 9.59 Å². The molecule has 92 valence electrons. The molecule has 6 nitrogen and oxygen atoms in total. The Bertz CT molecular complexity index is 514. The van der Waals surface area contributed by atoms with Gasteiger partial charge in [-0.05, 0) is 17.7 Å². The highest BCUT2D eigenvalue weighted by molar-refractivity contribution is 6.57. The number of hydrogen-bond acceptors (Lipinski definition) is 3. The molecule has 2 N–H and O–H groups in total. The van der Waals surface area contributed by atoms with Crippen LogP contribution in [0.4, 0.5) is 0 Å². The molecular formula is C12H11N3O3. The number of phenolic OH excluding ortho intramolecular Hbond substituents is 1. The van der Waals surface area contributed by atoms with Crippen LogP contribution in [0, 0.1) is 0 Å². The van der Waals surface area contributed by atoms with Crippen LogP contribution < -0.4 is 5.32 Å². The lowest BCUT2D eigenvalue weighted by Crippen LogP contribution is -2.31. The summed E-state index contributed by atoms with van der Waals surface area (Å²) in [5.41, 5.74) is 8.91. The van der Waals surface area contributed by atoms with Crippen molar-refractivity contribution in [3.63, 3.8) is 0 Å². The van der Waals surface area contributed by atoms with Crippen molar-refractivity contribution in [1.82, 2.24) is 5.32 Å². The second-order valence-electron chi connectivity index (χ2n) is 3.31. The van der Waals surface area contributed by atoms with E-state index in [4.69, 9.17) is 10.6 Å². The molecule has 0 heterocycles. The SMILES string of the molecule is [N-]=[N+]=CC(=O)C(=O)NCC=Cc1ccc(O)cc1. The maximum atomic E-state index is 11.1. The Morgan fingerprint density at radius 3 is 2.61 bits per heavy atom. The molecule has 0 bridgehead atoms. The Balaban J connectivity index is 2.42. The number of aromatic hydroxyl groups is 1. The fraction of sp³-hybridized carbons (Fsp3) is 0.0833. The third-order valence-electron chi connectivity index (χ3n) is 1.98. The summed E-state index contributed by atoms with van der Waals surface area (Å²) < 4.78 is 0. The highest BCUT2D eigenvalue weighted by atomic mass is 16.3. The first-order valence-corrected chi connectivity index (χ1v) is 5.08. The number of carbonyl (C=O) groups is 2. The van der Waals surface area contributed by atoms with Crippen molar-refractivity contribution in [1.29, 1.82) is 0 Å². The normalized spacial score (nSPS) is 9.78. The summed E-state index contributed by atoms with van der Waals surface area (Å²) in [5.74, 6) is -1.59. The molecule has 0 aliphatic heterocycles. The van der Waals surface area contributed by atoms with E-state index in [0.29, 0.717) is 6.21 Å². The predicted molar refractivity (Wildman–Crippen MR) is 64.8 cm³/mol. The lowest BCUT2D eigenvalue weighted by molar-refractivity contribution is -0.135. The minimum atomic E-state index is -0.921. The molecule has 0 aromatic heterocycles. The van der Waals surface area contributed by atoms with Crippen molar-refractivity contribution in [2.45, 2.75) is 0 Å². The van der Waals surface area contributed by atoms with Crippen LogP contribution in [0.15, 0.2) is 30.3 Å². The topological polar surface area (TPSA) is 103 Å². The maximum absolute atomic E-state index is 11.1. The molecule has 0 unspecified atom stereocenters. The monoisotopic (exact) mass is 245 g/mol. The fourth-order valence-corrected chi connectivity index (χ4v) is 1.13. The van der Waals surface area contributed by atoms with Gasteiger partial charge in [0.25, 0.3) is 5.91 Å². The Morgan fingerprint density at radius 2 is 2.00 bits per heavy atom. The van der Waals surface area contributed by atoms with Crippen molar-refractivity contribution in [3.8, 4) is 5.75 Å². The zero-order chi connectivity index (χ0) is 13.4. The summed E-state index contributed by atoms with van der Waals surface area (Å²) >= 11 is 0. The van der Waals surface area contributed by atoms with Gasteiger partial charge in [0.2, 0.25) is 0 Å². The highest BCUT2D eigenvalue weighted by Gasteiger charge is 2.13. The van der Waals surface area contributed by atoms with Crippen LogP contribution in [-0.2, 0) is 9.59 Å². The molecule has 0 radical (unpaired) electrons. The van der Waals surface area contributed by atoms with Gasteiger partial charge >= 0.3 is 12.0 Å². The number of benzene rings is 1. The van der Waals surface area contributed by atoms with E-state index in [2.05, 4.69) is 10.1 Å². The van der Waals surface area contributed by atoms with Crippen molar-refractivity contribution in [3.05, 3.63) is 41.4 Å². The molecule has 0 saturated heterocycles. The van der Waals surface area contributed by atoms with E-state index in [-0.39, 0.29) is 12.3 Å². The minimum Gasteiger partial charge on any atom is -0.508 e. The smallest absolute Gasteiger partial charge is 0.333 e. The molecule has 18 heavy (non-hydrogen) atoms. The van der Waals surface area contributed by atoms with E-state index in [0.717, 1.165) is 5.56 Å². The molecule has 0 saturated carbocycles. The van der Waals surface area contributed by atoms with Crippen molar-refractivity contribution in [2.24, 2.45) is 0 Å². The van der Waals surface area contributed by atoms with E-state index in [1.165, 1.54) is 0 Å². The third kappa shape index (κ3) is 4.42. The van der Waals surface area contributed by atoms with Crippen LogP contribution in [0.3, 0.4) is 0 Å². The first-order valence-electron chi connectivity index (χ1n) is 5.08. The Labute approximate surface area is 103 Å². The highest BCUT2D eigenvalue weighted by Crippen LogP contribution is 2.10. The zero-order valence-corrected chi connectivity index (χ0v) is 9.41. The number of amides is 1. The molecule has 1 aromatic carbocycles. The number of phenols is 1. The van der Waals surface area contributed by atoms with Gasteiger partial charge in [0, 0.05) is 6.54 Å². The molecule has 0 atom stereocenters. The van der Waals surface area contributed by atoms with Gasteiger partial charge in [-0.3, -0.25) is 9.59 Å². The van der Waals surface area contributed by atoms with Crippen LogP contribution in [0.1, 0.15) is 5.56 Å². The maximum Gasteiger partial charge on any atom is 0.333 e. The molecule has 0 fully saturated rings. The van der Waals surface area contributed by atoms with E-state index in [1.54, 1.807) is 36.4 Å². The van der Waals surface area contributed by atoms with Crippen molar-refractivity contribution < 1.29 is 19.5 Å². The molecule has 0 aliphatic carbocycles. The third-order valence-corrected chi connectivity index (χ3v) is 1.98. The molecule has 0 aliphatic rings. The molecule has 1 rings (SSSR count). The number of carbonyl (C=O) groups excluding carboxylic acids is 2. The van der Waals surface area contributed by atoms with Gasteiger partial charge in [0.1, 0.15) is 5.75 Å². The summed E-state index contributed by atoms with van der Waals surface area (Å²) in [4.78, 5) is 24.4. The Morgan fingerprint density at radius 1 is 1.33 bits per heavy atom. The average Bonchev–Trinajstić information content (AvgIpc) is 2.36. The predicted octanol–water partition coefficient (Wildman–Crippen LogP) is 0.391.